The van der Waals surface area contributed by atoms with Crippen LogP contribution in [0.2, 0.25) is 0 Å². The molecule has 1 heterocycles. The summed E-state index contributed by atoms with van der Waals surface area (Å²) in [6.45, 7) is 6.34. The van der Waals surface area contributed by atoms with E-state index in [0.717, 1.165) is 0 Å². The number of aromatic nitrogens is 2. The Morgan fingerprint density at radius 2 is 1.89 bits per heavy atom. The van der Waals surface area contributed by atoms with Crippen molar-refractivity contribution in [2.45, 2.75) is 32.1 Å². The van der Waals surface area contributed by atoms with Gasteiger partial charge in [-0.2, -0.15) is 5.10 Å². The normalized spacial score (nSPS) is 11.6. The molecule has 1 rings (SSSR count). The van der Waals surface area contributed by atoms with E-state index in [9.17, 15) is 13.2 Å². The second-order valence-corrected chi connectivity index (χ2v) is 5.25. The van der Waals surface area contributed by atoms with Crippen molar-refractivity contribution >= 4 is 15.9 Å². The third-order valence-electron chi connectivity index (χ3n) is 2.68. The Morgan fingerprint density at radius 3 is 2.28 bits per heavy atom. The third-order valence-corrected chi connectivity index (χ3v) is 3.69. The molecule has 3 N–H and O–H groups in total. The van der Waals surface area contributed by atoms with Crippen LogP contribution < -0.4 is 5.14 Å². The number of aryl methyl sites for hydroxylation is 1. The van der Waals surface area contributed by atoms with Crippen LogP contribution in [0.15, 0.2) is 4.90 Å². The Hall–Kier alpha value is -1.41. The molecule has 8 heteroatoms. The SMILES string of the molecule is CCc1[nH]nc(C(=O)N(CC)CC)c1S(N)(=O)=O. The Balaban J connectivity index is 3.34. The zero-order valence-electron chi connectivity index (χ0n) is 10.7. The zero-order valence-corrected chi connectivity index (χ0v) is 11.5. The van der Waals surface area contributed by atoms with Crippen LogP contribution in [0.25, 0.3) is 0 Å². The first-order chi connectivity index (χ1) is 8.36. The first-order valence-corrected chi connectivity index (χ1v) is 7.30. The molecule has 102 valence electrons. The van der Waals surface area contributed by atoms with E-state index in [1.165, 1.54) is 4.90 Å². The van der Waals surface area contributed by atoms with Crippen molar-refractivity contribution in [1.29, 1.82) is 0 Å². The van der Waals surface area contributed by atoms with Crippen LogP contribution in [-0.4, -0.2) is 42.5 Å². The van der Waals surface area contributed by atoms with E-state index in [4.69, 9.17) is 5.14 Å². The number of rotatable bonds is 5. The maximum Gasteiger partial charge on any atom is 0.275 e. The lowest BCUT2D eigenvalue weighted by Gasteiger charge is -2.17. The number of carbonyl (C=O) groups is 1. The number of carbonyl (C=O) groups excluding carboxylic acids is 1. The molecular weight excluding hydrogens is 256 g/mol. The quantitative estimate of drug-likeness (QED) is 0.793. The van der Waals surface area contributed by atoms with E-state index in [2.05, 4.69) is 10.2 Å². The topological polar surface area (TPSA) is 109 Å². The lowest BCUT2D eigenvalue weighted by Crippen LogP contribution is -2.32. The first-order valence-electron chi connectivity index (χ1n) is 5.76. The molecule has 0 aliphatic carbocycles. The van der Waals surface area contributed by atoms with Crippen LogP contribution in [0.3, 0.4) is 0 Å². The van der Waals surface area contributed by atoms with Gasteiger partial charge in [-0.25, -0.2) is 13.6 Å². The number of hydrogen-bond donors (Lipinski definition) is 2. The fourth-order valence-corrected chi connectivity index (χ4v) is 2.66. The minimum absolute atomic E-state index is 0.127. The highest BCUT2D eigenvalue weighted by atomic mass is 32.2. The predicted molar refractivity (Wildman–Crippen MR) is 66.6 cm³/mol. The highest BCUT2D eigenvalue weighted by Gasteiger charge is 2.28. The van der Waals surface area contributed by atoms with Gasteiger partial charge in [-0.15, -0.1) is 0 Å². The first kappa shape index (κ1) is 14.7. The van der Waals surface area contributed by atoms with Crippen LogP contribution in [0, 0.1) is 0 Å². The lowest BCUT2D eigenvalue weighted by molar-refractivity contribution is 0.0763. The molecule has 0 unspecified atom stereocenters. The number of hydrogen-bond acceptors (Lipinski definition) is 4. The van der Waals surface area contributed by atoms with Gasteiger partial charge in [0.1, 0.15) is 4.90 Å². The molecule has 0 aromatic carbocycles. The summed E-state index contributed by atoms with van der Waals surface area (Å²) in [5, 5.41) is 11.5. The maximum atomic E-state index is 12.1. The summed E-state index contributed by atoms with van der Waals surface area (Å²) in [6, 6.07) is 0. The fraction of sp³-hybridized carbons (Fsp3) is 0.600. The minimum Gasteiger partial charge on any atom is -0.338 e. The molecule has 0 atom stereocenters. The molecule has 0 spiro atoms. The van der Waals surface area contributed by atoms with Crippen molar-refractivity contribution in [1.82, 2.24) is 15.1 Å². The molecule has 18 heavy (non-hydrogen) atoms. The Labute approximate surface area is 106 Å². The molecule has 1 aromatic rings. The van der Waals surface area contributed by atoms with Gasteiger partial charge in [0.05, 0.1) is 5.69 Å². The number of nitrogens with zero attached hydrogens (tertiary/aromatic N) is 2. The van der Waals surface area contributed by atoms with Gasteiger partial charge in [0.15, 0.2) is 5.69 Å². The number of H-pyrrole nitrogens is 1. The number of nitrogens with two attached hydrogens (primary N) is 1. The standard InChI is InChI=1S/C10H18N4O3S/c1-4-7-9(18(11,16)17)8(13-12-7)10(15)14(5-2)6-3/h4-6H2,1-3H3,(H,12,13)(H2,11,16,17). The predicted octanol–water partition coefficient (Wildman–Crippen LogP) is 0.102. The third kappa shape index (κ3) is 2.70. The largest absolute Gasteiger partial charge is 0.338 e. The van der Waals surface area contributed by atoms with Gasteiger partial charge in [-0.3, -0.25) is 9.89 Å². The summed E-state index contributed by atoms with van der Waals surface area (Å²) in [5.74, 6) is -0.431. The van der Waals surface area contributed by atoms with E-state index < -0.39 is 15.9 Å². The molecule has 0 saturated carbocycles. The van der Waals surface area contributed by atoms with Crippen molar-refractivity contribution in [3.8, 4) is 0 Å². The van der Waals surface area contributed by atoms with Gasteiger partial charge < -0.3 is 4.90 Å². The second kappa shape index (κ2) is 5.49. The Morgan fingerprint density at radius 1 is 1.33 bits per heavy atom. The lowest BCUT2D eigenvalue weighted by atomic mass is 10.3. The number of sulfonamides is 1. The van der Waals surface area contributed by atoms with E-state index in [0.29, 0.717) is 25.2 Å². The van der Waals surface area contributed by atoms with E-state index in [-0.39, 0.29) is 10.6 Å². The molecule has 1 aromatic heterocycles. The van der Waals surface area contributed by atoms with Crippen LogP contribution in [0.1, 0.15) is 37.0 Å². The average Bonchev–Trinajstić information content (AvgIpc) is 2.73. The Kier molecular flexibility index (Phi) is 4.47. The Bertz CT molecular complexity index is 531. The van der Waals surface area contributed by atoms with E-state index in [1.54, 1.807) is 6.92 Å². The fourth-order valence-electron chi connectivity index (χ4n) is 1.72. The second-order valence-electron chi connectivity index (χ2n) is 3.76. The summed E-state index contributed by atoms with van der Waals surface area (Å²) in [6.07, 6.45) is 0.407. The monoisotopic (exact) mass is 274 g/mol. The van der Waals surface area contributed by atoms with Gasteiger partial charge in [-0.1, -0.05) is 6.92 Å². The zero-order chi connectivity index (χ0) is 13.9. The van der Waals surface area contributed by atoms with E-state index >= 15 is 0 Å². The average molecular weight is 274 g/mol. The summed E-state index contributed by atoms with van der Waals surface area (Å²) in [4.78, 5) is 13.4. The van der Waals surface area contributed by atoms with E-state index in [1.807, 2.05) is 13.8 Å². The van der Waals surface area contributed by atoms with Gasteiger partial charge in [0.2, 0.25) is 10.0 Å². The molecule has 7 nitrogen and oxygen atoms in total. The van der Waals surface area contributed by atoms with Crippen LogP contribution in [0.5, 0.6) is 0 Å². The number of nitrogens with one attached hydrogen (secondary N) is 1. The van der Waals surface area contributed by atoms with Crippen molar-refractivity contribution in [2.75, 3.05) is 13.1 Å². The maximum absolute atomic E-state index is 12.1. The van der Waals surface area contributed by atoms with Crippen LogP contribution in [0.4, 0.5) is 0 Å². The molecule has 0 aliphatic rings. The molecular formula is C10H18N4O3S. The number of amides is 1. The summed E-state index contributed by atoms with van der Waals surface area (Å²) < 4.78 is 23.1. The molecule has 0 fully saturated rings. The summed E-state index contributed by atoms with van der Waals surface area (Å²) in [5.41, 5.74) is 0.228. The van der Waals surface area contributed by atoms with Crippen LogP contribution >= 0.6 is 0 Å². The van der Waals surface area contributed by atoms with Gasteiger partial charge in [0.25, 0.3) is 5.91 Å². The smallest absolute Gasteiger partial charge is 0.275 e. The molecule has 1 amide bonds. The minimum atomic E-state index is -3.97. The van der Waals surface area contributed by atoms with Crippen molar-refractivity contribution in [3.05, 3.63) is 11.4 Å². The van der Waals surface area contributed by atoms with Gasteiger partial charge >= 0.3 is 0 Å². The molecule has 0 aliphatic heterocycles. The summed E-state index contributed by atoms with van der Waals surface area (Å²) in [7, 11) is -3.97. The molecule has 0 radical (unpaired) electrons. The van der Waals surface area contributed by atoms with Gasteiger partial charge in [0, 0.05) is 13.1 Å². The van der Waals surface area contributed by atoms with Crippen molar-refractivity contribution < 1.29 is 13.2 Å². The van der Waals surface area contributed by atoms with Crippen LogP contribution in [-0.2, 0) is 16.4 Å². The summed E-state index contributed by atoms with van der Waals surface area (Å²) >= 11 is 0. The highest BCUT2D eigenvalue weighted by Crippen LogP contribution is 2.18. The highest BCUT2D eigenvalue weighted by molar-refractivity contribution is 7.89. The van der Waals surface area contributed by atoms with Gasteiger partial charge in [-0.05, 0) is 20.3 Å². The van der Waals surface area contributed by atoms with Crippen molar-refractivity contribution in [2.24, 2.45) is 5.14 Å². The molecule has 0 bridgehead atoms. The number of aromatic amines is 1. The molecule has 0 saturated heterocycles. The number of primary sulfonamides is 1. The van der Waals surface area contributed by atoms with Crippen molar-refractivity contribution in [3.63, 3.8) is 0 Å².